The Bertz CT molecular complexity index is 3200. The lowest BCUT2D eigenvalue weighted by Gasteiger charge is -2.13. The highest BCUT2D eigenvalue weighted by atomic mass is 14.9. The average molecular weight is 635 g/mol. The van der Waals surface area contributed by atoms with E-state index in [1.165, 1.54) is 103 Å². The van der Waals surface area contributed by atoms with Crippen LogP contribution in [0.3, 0.4) is 0 Å². The van der Waals surface area contributed by atoms with Crippen LogP contribution in [-0.4, -0.2) is 4.98 Å². The second-order valence-corrected chi connectivity index (χ2v) is 13.8. The quantitative estimate of drug-likeness (QED) is 0.154. The number of anilines is 1. The molecule has 50 heavy (non-hydrogen) atoms. The smallest absolute Gasteiger partial charge is 0.0422 e. The maximum Gasteiger partial charge on any atom is 0.0422 e. The van der Waals surface area contributed by atoms with Gasteiger partial charge in [-0.05, 0) is 194 Å². The molecule has 1 aromatic heterocycles. The molecule has 0 saturated heterocycles. The summed E-state index contributed by atoms with van der Waals surface area (Å²) in [5.74, 6) is 0. The van der Waals surface area contributed by atoms with Crippen LogP contribution in [0.15, 0.2) is 164 Å². The van der Waals surface area contributed by atoms with Gasteiger partial charge in [0, 0.05) is 30.0 Å². The van der Waals surface area contributed by atoms with Crippen LogP contribution in [0.25, 0.3) is 97.0 Å². The average Bonchev–Trinajstić information content (AvgIpc) is 3.15. The third-order valence-electron chi connectivity index (χ3n) is 10.7. The number of aromatic nitrogens is 1. The van der Waals surface area contributed by atoms with Gasteiger partial charge < -0.3 is 5.32 Å². The maximum absolute atomic E-state index is 4.27. The first-order valence-electron chi connectivity index (χ1n) is 17.3. The molecule has 0 atom stereocenters. The van der Waals surface area contributed by atoms with Gasteiger partial charge in [0.25, 0.3) is 0 Å². The van der Waals surface area contributed by atoms with Gasteiger partial charge in [-0.2, -0.15) is 0 Å². The van der Waals surface area contributed by atoms with Crippen LogP contribution in [0.2, 0.25) is 0 Å². The fraction of sp³-hybridized carbons (Fsp3) is 0.0208. The number of rotatable bonds is 3. The maximum atomic E-state index is 4.27. The summed E-state index contributed by atoms with van der Waals surface area (Å²) in [6.45, 7) is 0.736. The number of nitrogens with one attached hydrogen (secondary N) is 1. The van der Waals surface area contributed by atoms with Crippen LogP contribution in [0.5, 0.6) is 0 Å². The number of nitrogens with zero attached hydrogens (tertiary/aromatic N) is 1. The molecular formula is C48H30N2. The summed E-state index contributed by atoms with van der Waals surface area (Å²) >= 11 is 0. The van der Waals surface area contributed by atoms with Crippen LogP contribution >= 0.6 is 0 Å². The molecule has 11 aromatic rings. The van der Waals surface area contributed by atoms with Crippen molar-refractivity contribution in [1.29, 1.82) is 0 Å². The van der Waals surface area contributed by atoms with E-state index < -0.39 is 0 Å². The van der Waals surface area contributed by atoms with Gasteiger partial charge >= 0.3 is 0 Å². The molecule has 0 spiro atoms. The summed E-state index contributed by atoms with van der Waals surface area (Å²) in [7, 11) is 0. The van der Waals surface area contributed by atoms with Gasteiger partial charge in [-0.25, -0.2) is 0 Å². The van der Waals surface area contributed by atoms with Gasteiger partial charge in [-0.3, -0.25) is 4.98 Å². The molecule has 10 aromatic carbocycles. The molecule has 0 fully saturated rings. The minimum atomic E-state index is 0.736. The summed E-state index contributed by atoms with van der Waals surface area (Å²) in [6, 6.07) is 56.8. The fourth-order valence-corrected chi connectivity index (χ4v) is 8.13. The molecule has 2 nitrogen and oxygen atoms in total. The second kappa shape index (κ2) is 10.5. The Labute approximate surface area is 288 Å². The largest absolute Gasteiger partial charge is 0.380 e. The molecule has 232 valence electrons. The SMILES string of the molecule is c1cncc(CNc2cccc3cc4cc5cc6ccc7cc8cc9cc%10cc%11ccccc%11cc%10cc9cc8cc7c6cc5cc4cc23)c1. The molecule has 1 N–H and O–H groups in total. The Morgan fingerprint density at radius 1 is 0.340 bits per heavy atom. The summed E-state index contributed by atoms with van der Waals surface area (Å²) in [6.07, 6.45) is 3.73. The topological polar surface area (TPSA) is 24.9 Å². The molecule has 0 saturated carbocycles. The number of benzene rings is 10. The molecule has 0 amide bonds. The highest BCUT2D eigenvalue weighted by molar-refractivity contribution is 6.18. The fourth-order valence-electron chi connectivity index (χ4n) is 8.13. The van der Waals surface area contributed by atoms with E-state index in [-0.39, 0.29) is 0 Å². The van der Waals surface area contributed by atoms with Crippen molar-refractivity contribution in [2.75, 3.05) is 5.32 Å². The predicted octanol–water partition coefficient (Wildman–Crippen LogP) is 13.1. The summed E-state index contributed by atoms with van der Waals surface area (Å²) in [4.78, 5) is 4.27. The summed E-state index contributed by atoms with van der Waals surface area (Å²) in [5, 5.41) is 26.5. The summed E-state index contributed by atoms with van der Waals surface area (Å²) < 4.78 is 0. The Balaban J connectivity index is 1.06. The molecule has 0 radical (unpaired) electrons. The lowest BCUT2D eigenvalue weighted by atomic mass is 9.93. The monoisotopic (exact) mass is 634 g/mol. The van der Waals surface area contributed by atoms with Crippen molar-refractivity contribution >= 4 is 103 Å². The Kier molecular flexibility index (Phi) is 5.76. The van der Waals surface area contributed by atoms with Crippen LogP contribution < -0.4 is 5.32 Å². The van der Waals surface area contributed by atoms with Crippen molar-refractivity contribution in [2.24, 2.45) is 0 Å². The molecule has 11 rings (SSSR count). The molecule has 2 heteroatoms. The minimum absolute atomic E-state index is 0.736. The first-order chi connectivity index (χ1) is 24.7. The van der Waals surface area contributed by atoms with Gasteiger partial charge in [0.1, 0.15) is 0 Å². The van der Waals surface area contributed by atoms with Crippen molar-refractivity contribution in [1.82, 2.24) is 4.98 Å². The van der Waals surface area contributed by atoms with Gasteiger partial charge in [-0.1, -0.05) is 54.6 Å². The van der Waals surface area contributed by atoms with E-state index in [2.05, 4.69) is 156 Å². The molecule has 0 unspecified atom stereocenters. The zero-order valence-corrected chi connectivity index (χ0v) is 27.2. The lowest BCUT2D eigenvalue weighted by molar-refractivity contribution is 1.12. The van der Waals surface area contributed by atoms with Crippen molar-refractivity contribution < 1.29 is 0 Å². The van der Waals surface area contributed by atoms with Crippen LogP contribution in [-0.2, 0) is 6.54 Å². The number of pyridine rings is 1. The second-order valence-electron chi connectivity index (χ2n) is 13.8. The highest BCUT2D eigenvalue weighted by Gasteiger charge is 2.10. The zero-order chi connectivity index (χ0) is 32.8. The Hall–Kier alpha value is -6.51. The lowest BCUT2D eigenvalue weighted by Crippen LogP contribution is -2.00. The van der Waals surface area contributed by atoms with Crippen molar-refractivity contribution in [3.8, 4) is 0 Å². The first-order valence-corrected chi connectivity index (χ1v) is 17.3. The van der Waals surface area contributed by atoms with Crippen molar-refractivity contribution in [3.05, 3.63) is 170 Å². The zero-order valence-electron chi connectivity index (χ0n) is 27.2. The minimum Gasteiger partial charge on any atom is -0.380 e. The number of fused-ring (bicyclic) bond motifs is 10. The van der Waals surface area contributed by atoms with Gasteiger partial charge in [-0.15, -0.1) is 0 Å². The van der Waals surface area contributed by atoms with Crippen molar-refractivity contribution in [2.45, 2.75) is 6.54 Å². The van der Waals surface area contributed by atoms with E-state index in [1.54, 1.807) is 0 Å². The van der Waals surface area contributed by atoms with Crippen molar-refractivity contribution in [3.63, 3.8) is 0 Å². The van der Waals surface area contributed by atoms with E-state index in [9.17, 15) is 0 Å². The Morgan fingerprint density at radius 2 is 0.760 bits per heavy atom. The van der Waals surface area contributed by atoms with Gasteiger partial charge in [0.15, 0.2) is 0 Å². The van der Waals surface area contributed by atoms with Gasteiger partial charge in [0.05, 0.1) is 0 Å². The third-order valence-corrected chi connectivity index (χ3v) is 10.7. The molecule has 0 bridgehead atoms. The van der Waals surface area contributed by atoms with E-state index >= 15 is 0 Å². The molecule has 0 aliphatic rings. The van der Waals surface area contributed by atoms with Crippen LogP contribution in [0.1, 0.15) is 5.56 Å². The normalized spacial score (nSPS) is 12.1. The van der Waals surface area contributed by atoms with E-state index in [0.29, 0.717) is 0 Å². The van der Waals surface area contributed by atoms with E-state index in [1.807, 2.05) is 18.5 Å². The number of hydrogen-bond donors (Lipinski definition) is 1. The Morgan fingerprint density at radius 3 is 1.26 bits per heavy atom. The van der Waals surface area contributed by atoms with Gasteiger partial charge in [0.2, 0.25) is 0 Å². The molecule has 0 aliphatic carbocycles. The molecule has 1 heterocycles. The van der Waals surface area contributed by atoms with Crippen LogP contribution in [0, 0.1) is 0 Å². The first kappa shape index (κ1) is 27.4. The standard InChI is InChI=1S/C48H30N2/c1-2-7-31-14-36-19-41-22-42-24-45-34(17-39(42)21-40(41)18-35(36)13-30(31)6-1)11-10-33-16-38-20-37-15-32-8-3-9-48(50-28-29-5-4-12-49-27-29)47(32)26-44(37)23-43(38)25-46(33)45/h1-27,50H,28H2. The predicted molar refractivity (Wildman–Crippen MR) is 216 cm³/mol. The van der Waals surface area contributed by atoms with Crippen LogP contribution in [0.4, 0.5) is 5.69 Å². The molecular weight excluding hydrogens is 605 g/mol. The van der Waals surface area contributed by atoms with E-state index in [4.69, 9.17) is 0 Å². The highest BCUT2D eigenvalue weighted by Crippen LogP contribution is 2.37. The summed E-state index contributed by atoms with van der Waals surface area (Å²) in [5.41, 5.74) is 2.30. The number of hydrogen-bond acceptors (Lipinski definition) is 2. The third kappa shape index (κ3) is 4.39. The van der Waals surface area contributed by atoms with E-state index in [0.717, 1.165) is 12.2 Å². The molecule has 0 aliphatic heterocycles.